The lowest BCUT2D eigenvalue weighted by molar-refractivity contribution is 0.0950. The monoisotopic (exact) mass is 457 g/mol. The van der Waals surface area contributed by atoms with E-state index < -0.39 is 0 Å². The largest absolute Gasteiger partial charge is 0.345 e. The molecule has 5 aromatic rings. The second-order valence-electron chi connectivity index (χ2n) is 7.57. The molecule has 2 N–H and O–H groups in total. The number of hydrogen-bond donors (Lipinski definition) is 2. The van der Waals surface area contributed by atoms with Crippen molar-refractivity contribution in [3.63, 3.8) is 0 Å². The van der Waals surface area contributed by atoms with Gasteiger partial charge in [-0.05, 0) is 48.9 Å². The SMILES string of the molecule is Cc1cccc(-c2[nH]c(CNC(=O)c3ccc(CCl)cc3)nc2-c2ccc3ncnn3c2)n1. The van der Waals surface area contributed by atoms with Crippen molar-refractivity contribution in [2.75, 3.05) is 0 Å². The molecule has 0 aliphatic heterocycles. The van der Waals surface area contributed by atoms with Crippen molar-refractivity contribution in [2.24, 2.45) is 0 Å². The highest BCUT2D eigenvalue weighted by Crippen LogP contribution is 2.29. The zero-order valence-electron chi connectivity index (χ0n) is 17.8. The number of carbonyl (C=O) groups excluding carboxylic acids is 1. The molecule has 0 radical (unpaired) electrons. The molecule has 0 spiro atoms. The molecule has 4 aromatic heterocycles. The van der Waals surface area contributed by atoms with Gasteiger partial charge in [0, 0.05) is 28.9 Å². The number of halogens is 1. The standard InChI is InChI=1S/C24H20ClN7O/c1-15-3-2-4-19(29-15)23-22(18-9-10-21-27-14-28-32(21)13-18)30-20(31-23)12-26-24(33)17-7-5-16(11-25)6-8-17/h2-10,13-14H,11-12H2,1H3,(H,26,33)(H,30,31). The second kappa shape index (κ2) is 8.84. The molecule has 0 atom stereocenters. The van der Waals surface area contributed by atoms with Crippen LogP contribution in [0.1, 0.15) is 27.4 Å². The molecular formula is C24H20ClN7O. The molecule has 0 bridgehead atoms. The topological polar surface area (TPSA) is 101 Å². The third kappa shape index (κ3) is 4.33. The van der Waals surface area contributed by atoms with Gasteiger partial charge in [-0.15, -0.1) is 11.6 Å². The van der Waals surface area contributed by atoms with Crippen molar-refractivity contribution >= 4 is 23.2 Å². The van der Waals surface area contributed by atoms with Gasteiger partial charge in [-0.25, -0.2) is 14.5 Å². The van der Waals surface area contributed by atoms with E-state index in [1.807, 2.05) is 55.6 Å². The molecule has 164 valence electrons. The van der Waals surface area contributed by atoms with Crippen LogP contribution in [-0.2, 0) is 12.4 Å². The van der Waals surface area contributed by atoms with E-state index in [1.165, 1.54) is 6.33 Å². The molecule has 1 amide bonds. The number of pyridine rings is 2. The summed E-state index contributed by atoms with van der Waals surface area (Å²) in [6, 6.07) is 16.9. The number of fused-ring (bicyclic) bond motifs is 1. The third-order valence-electron chi connectivity index (χ3n) is 5.23. The smallest absolute Gasteiger partial charge is 0.251 e. The predicted octanol–water partition coefficient (Wildman–Crippen LogP) is 4.16. The van der Waals surface area contributed by atoms with Crippen LogP contribution in [0.15, 0.2) is 67.1 Å². The van der Waals surface area contributed by atoms with Crippen LogP contribution in [-0.4, -0.2) is 35.5 Å². The van der Waals surface area contributed by atoms with Crippen molar-refractivity contribution < 1.29 is 4.79 Å². The number of aromatic nitrogens is 6. The quantitative estimate of drug-likeness (QED) is 0.373. The van der Waals surface area contributed by atoms with Gasteiger partial charge in [0.1, 0.15) is 12.2 Å². The normalized spacial score (nSPS) is 11.1. The Morgan fingerprint density at radius 1 is 1.09 bits per heavy atom. The van der Waals surface area contributed by atoms with E-state index in [0.29, 0.717) is 17.3 Å². The van der Waals surface area contributed by atoms with Crippen molar-refractivity contribution in [1.82, 2.24) is 34.9 Å². The minimum atomic E-state index is -0.187. The Hall–Kier alpha value is -4.04. The number of alkyl halides is 1. The van der Waals surface area contributed by atoms with Crippen LogP contribution in [0.4, 0.5) is 0 Å². The first-order valence-corrected chi connectivity index (χ1v) is 10.9. The maximum absolute atomic E-state index is 12.6. The summed E-state index contributed by atoms with van der Waals surface area (Å²) >= 11 is 5.83. The van der Waals surface area contributed by atoms with E-state index in [4.69, 9.17) is 16.6 Å². The molecule has 0 aliphatic carbocycles. The van der Waals surface area contributed by atoms with Crippen molar-refractivity contribution in [3.8, 4) is 22.6 Å². The molecule has 5 rings (SSSR count). The van der Waals surface area contributed by atoms with Gasteiger partial charge in [-0.2, -0.15) is 5.10 Å². The fourth-order valence-electron chi connectivity index (χ4n) is 3.55. The summed E-state index contributed by atoms with van der Waals surface area (Å²) in [5.41, 5.74) is 6.29. The molecule has 0 aliphatic rings. The number of carbonyl (C=O) groups is 1. The van der Waals surface area contributed by atoms with Crippen LogP contribution >= 0.6 is 11.6 Å². The number of hydrogen-bond acceptors (Lipinski definition) is 5. The number of imidazole rings is 1. The fraction of sp³-hybridized carbons (Fsp3) is 0.125. The van der Waals surface area contributed by atoms with E-state index in [0.717, 1.165) is 39.5 Å². The van der Waals surface area contributed by atoms with Gasteiger partial charge in [-0.1, -0.05) is 18.2 Å². The lowest BCUT2D eigenvalue weighted by atomic mass is 10.1. The van der Waals surface area contributed by atoms with Gasteiger partial charge >= 0.3 is 0 Å². The third-order valence-corrected chi connectivity index (χ3v) is 5.54. The van der Waals surface area contributed by atoms with Gasteiger partial charge < -0.3 is 10.3 Å². The van der Waals surface area contributed by atoms with Crippen LogP contribution in [0.25, 0.3) is 28.3 Å². The average molecular weight is 458 g/mol. The van der Waals surface area contributed by atoms with E-state index >= 15 is 0 Å². The number of aryl methyl sites for hydroxylation is 1. The molecule has 4 heterocycles. The lowest BCUT2D eigenvalue weighted by Crippen LogP contribution is -2.23. The van der Waals surface area contributed by atoms with Gasteiger partial charge in [0.2, 0.25) is 0 Å². The van der Waals surface area contributed by atoms with Crippen LogP contribution in [0.2, 0.25) is 0 Å². The number of nitrogens with one attached hydrogen (secondary N) is 2. The van der Waals surface area contributed by atoms with E-state index in [9.17, 15) is 4.79 Å². The number of rotatable bonds is 6. The molecule has 0 saturated heterocycles. The summed E-state index contributed by atoms with van der Waals surface area (Å²) in [5, 5.41) is 7.14. The summed E-state index contributed by atoms with van der Waals surface area (Å²) in [5.74, 6) is 0.841. The van der Waals surface area contributed by atoms with E-state index in [2.05, 4.69) is 25.4 Å². The Bertz CT molecular complexity index is 1440. The molecule has 33 heavy (non-hydrogen) atoms. The highest BCUT2D eigenvalue weighted by molar-refractivity contribution is 6.17. The maximum atomic E-state index is 12.6. The Morgan fingerprint density at radius 2 is 1.94 bits per heavy atom. The van der Waals surface area contributed by atoms with Crippen LogP contribution < -0.4 is 5.32 Å². The Labute approximate surface area is 194 Å². The molecular weight excluding hydrogens is 438 g/mol. The molecule has 1 aromatic carbocycles. The number of amides is 1. The Kier molecular flexibility index (Phi) is 5.58. The summed E-state index contributed by atoms with van der Waals surface area (Å²) in [6.45, 7) is 2.18. The van der Waals surface area contributed by atoms with Crippen molar-refractivity contribution in [1.29, 1.82) is 0 Å². The first kappa shape index (κ1) is 20.8. The first-order valence-electron chi connectivity index (χ1n) is 10.4. The van der Waals surface area contributed by atoms with Gasteiger partial charge in [0.05, 0.1) is 23.6 Å². The zero-order chi connectivity index (χ0) is 22.8. The molecule has 9 heteroatoms. The average Bonchev–Trinajstić information content (AvgIpc) is 3.49. The number of benzene rings is 1. The lowest BCUT2D eigenvalue weighted by Gasteiger charge is -2.04. The first-order chi connectivity index (χ1) is 16.1. The number of aromatic amines is 1. The minimum Gasteiger partial charge on any atom is -0.345 e. The highest BCUT2D eigenvalue weighted by atomic mass is 35.5. The van der Waals surface area contributed by atoms with Crippen LogP contribution in [0.3, 0.4) is 0 Å². The summed E-state index contributed by atoms with van der Waals surface area (Å²) < 4.78 is 1.70. The molecule has 0 fully saturated rings. The van der Waals surface area contributed by atoms with Gasteiger partial charge in [-0.3, -0.25) is 9.78 Å². The molecule has 0 saturated carbocycles. The summed E-state index contributed by atoms with van der Waals surface area (Å²) in [6.07, 6.45) is 3.38. The van der Waals surface area contributed by atoms with E-state index in [1.54, 1.807) is 16.6 Å². The number of H-pyrrole nitrogens is 1. The fourth-order valence-corrected chi connectivity index (χ4v) is 3.73. The zero-order valence-corrected chi connectivity index (χ0v) is 18.5. The second-order valence-corrected chi connectivity index (χ2v) is 7.83. The Balaban J connectivity index is 1.46. The predicted molar refractivity (Wildman–Crippen MR) is 126 cm³/mol. The maximum Gasteiger partial charge on any atom is 0.251 e. The van der Waals surface area contributed by atoms with Crippen LogP contribution in [0.5, 0.6) is 0 Å². The summed E-state index contributed by atoms with van der Waals surface area (Å²) in [4.78, 5) is 29.6. The van der Waals surface area contributed by atoms with E-state index in [-0.39, 0.29) is 12.5 Å². The Morgan fingerprint density at radius 3 is 2.73 bits per heavy atom. The molecule has 0 unspecified atom stereocenters. The van der Waals surface area contributed by atoms with Crippen molar-refractivity contribution in [3.05, 3.63) is 89.8 Å². The highest BCUT2D eigenvalue weighted by Gasteiger charge is 2.17. The minimum absolute atomic E-state index is 0.187. The summed E-state index contributed by atoms with van der Waals surface area (Å²) in [7, 11) is 0. The van der Waals surface area contributed by atoms with Gasteiger partial charge in [0.25, 0.3) is 5.91 Å². The van der Waals surface area contributed by atoms with Crippen LogP contribution in [0, 0.1) is 6.92 Å². The van der Waals surface area contributed by atoms with Gasteiger partial charge in [0.15, 0.2) is 5.65 Å². The number of nitrogens with zero attached hydrogens (tertiary/aromatic N) is 5. The van der Waals surface area contributed by atoms with Crippen molar-refractivity contribution in [2.45, 2.75) is 19.3 Å². The molecule has 8 nitrogen and oxygen atoms in total.